The van der Waals surface area contributed by atoms with E-state index in [4.69, 9.17) is 5.73 Å². The molecule has 1 aromatic carbocycles. The first-order chi connectivity index (χ1) is 10.6. The number of benzene rings is 1. The molecule has 6 heteroatoms. The van der Waals surface area contributed by atoms with Gasteiger partial charge in [-0.25, -0.2) is 0 Å². The first-order valence-electron chi connectivity index (χ1n) is 7.36. The fraction of sp³-hybridized carbons (Fsp3) is 0.375. The number of rotatable bonds is 2. The van der Waals surface area contributed by atoms with E-state index in [9.17, 15) is 4.79 Å². The maximum Gasteiger partial charge on any atom is 0.267 e. The topological polar surface area (TPSA) is 62.5 Å². The Hall–Kier alpha value is -1.92. The summed E-state index contributed by atoms with van der Waals surface area (Å²) in [6, 6.07) is 8.03. The van der Waals surface area contributed by atoms with Gasteiger partial charge in [-0.1, -0.05) is 29.8 Å². The summed E-state index contributed by atoms with van der Waals surface area (Å²) in [6.07, 6.45) is 0. The van der Waals surface area contributed by atoms with Crippen molar-refractivity contribution in [2.75, 3.05) is 39.0 Å². The van der Waals surface area contributed by atoms with Gasteiger partial charge in [0.25, 0.3) is 5.91 Å². The molecule has 0 saturated carbocycles. The Morgan fingerprint density at radius 3 is 2.45 bits per heavy atom. The molecule has 22 heavy (non-hydrogen) atoms. The number of amides is 1. The van der Waals surface area contributed by atoms with Crippen LogP contribution in [0, 0.1) is 6.92 Å². The molecule has 1 fully saturated rings. The van der Waals surface area contributed by atoms with E-state index in [0.717, 1.165) is 31.7 Å². The number of nitrogen functional groups attached to an aromatic ring is 1. The summed E-state index contributed by atoms with van der Waals surface area (Å²) in [6.45, 7) is 5.32. The highest BCUT2D eigenvalue weighted by atomic mass is 32.1. The largest absolute Gasteiger partial charge is 0.396 e. The van der Waals surface area contributed by atoms with E-state index in [-0.39, 0.29) is 5.91 Å². The minimum atomic E-state index is 0.00135. The Morgan fingerprint density at radius 2 is 1.82 bits per heavy atom. The van der Waals surface area contributed by atoms with Gasteiger partial charge in [0.2, 0.25) is 0 Å². The number of piperazine rings is 1. The van der Waals surface area contributed by atoms with Crippen LogP contribution in [0.5, 0.6) is 0 Å². The molecule has 1 saturated heterocycles. The minimum absolute atomic E-state index is 0.00135. The molecule has 1 amide bonds. The predicted molar refractivity (Wildman–Crippen MR) is 90.1 cm³/mol. The summed E-state index contributed by atoms with van der Waals surface area (Å²) in [5.41, 5.74) is 9.55. The van der Waals surface area contributed by atoms with Crippen LogP contribution >= 0.6 is 11.5 Å². The van der Waals surface area contributed by atoms with E-state index in [1.165, 1.54) is 17.1 Å². The van der Waals surface area contributed by atoms with E-state index < -0.39 is 0 Å². The van der Waals surface area contributed by atoms with Crippen molar-refractivity contribution in [1.29, 1.82) is 0 Å². The highest BCUT2D eigenvalue weighted by molar-refractivity contribution is 7.09. The second-order valence-electron chi connectivity index (χ2n) is 5.74. The third-order valence-corrected chi connectivity index (χ3v) is 4.89. The predicted octanol–water partition coefficient (Wildman–Crippen LogP) is 2.09. The van der Waals surface area contributed by atoms with Crippen molar-refractivity contribution in [3.63, 3.8) is 0 Å². The number of hydrogen-bond donors (Lipinski definition) is 1. The lowest BCUT2D eigenvalue weighted by atomic mass is 10.1. The van der Waals surface area contributed by atoms with Crippen LogP contribution < -0.4 is 5.73 Å². The molecular formula is C16H20N4OS. The molecule has 0 atom stereocenters. The lowest BCUT2D eigenvalue weighted by Gasteiger charge is -2.32. The summed E-state index contributed by atoms with van der Waals surface area (Å²) in [4.78, 5) is 17.3. The van der Waals surface area contributed by atoms with Gasteiger partial charge >= 0.3 is 0 Å². The molecule has 0 radical (unpaired) electrons. The summed E-state index contributed by atoms with van der Waals surface area (Å²) >= 11 is 1.20. The van der Waals surface area contributed by atoms with E-state index >= 15 is 0 Å². The number of carbonyl (C=O) groups excluding carboxylic acids is 1. The molecule has 5 nitrogen and oxygen atoms in total. The van der Waals surface area contributed by atoms with Gasteiger partial charge < -0.3 is 15.5 Å². The monoisotopic (exact) mass is 316 g/mol. The summed E-state index contributed by atoms with van der Waals surface area (Å²) < 4.78 is 4.41. The number of nitrogens with two attached hydrogens (primary N) is 1. The fourth-order valence-corrected chi connectivity index (χ4v) is 3.31. The SMILES string of the molecule is Cc1ccc(-c2nsc(C(=O)N3CCN(C)CC3)c2N)cc1. The quantitative estimate of drug-likeness (QED) is 0.921. The molecular weight excluding hydrogens is 296 g/mol. The van der Waals surface area contributed by atoms with Crippen molar-refractivity contribution in [2.45, 2.75) is 6.92 Å². The smallest absolute Gasteiger partial charge is 0.267 e. The maximum atomic E-state index is 12.6. The highest BCUT2D eigenvalue weighted by Crippen LogP contribution is 2.31. The number of aryl methyl sites for hydroxylation is 1. The summed E-state index contributed by atoms with van der Waals surface area (Å²) in [5.74, 6) is 0.00135. The van der Waals surface area contributed by atoms with Gasteiger partial charge in [0.05, 0.1) is 5.69 Å². The van der Waals surface area contributed by atoms with Crippen molar-refractivity contribution < 1.29 is 4.79 Å². The molecule has 0 spiro atoms. The van der Waals surface area contributed by atoms with Crippen LogP contribution in [-0.4, -0.2) is 53.3 Å². The Morgan fingerprint density at radius 1 is 1.18 bits per heavy atom. The van der Waals surface area contributed by atoms with Crippen LogP contribution in [0.4, 0.5) is 5.69 Å². The van der Waals surface area contributed by atoms with Gasteiger partial charge in [-0.15, -0.1) is 0 Å². The zero-order valence-corrected chi connectivity index (χ0v) is 13.7. The number of nitrogens with zero attached hydrogens (tertiary/aromatic N) is 3. The third kappa shape index (κ3) is 2.84. The number of carbonyl (C=O) groups is 1. The Balaban J connectivity index is 1.84. The van der Waals surface area contributed by atoms with Gasteiger partial charge in [-0.05, 0) is 25.5 Å². The van der Waals surface area contributed by atoms with Crippen LogP contribution in [0.1, 0.15) is 15.2 Å². The zero-order valence-electron chi connectivity index (χ0n) is 12.9. The standard InChI is InChI=1S/C16H20N4OS/c1-11-3-5-12(6-4-11)14-13(17)15(22-18-14)16(21)20-9-7-19(2)8-10-20/h3-6H,7-10,17H2,1-2H3. The van der Waals surface area contributed by atoms with Crippen molar-refractivity contribution in [3.05, 3.63) is 34.7 Å². The molecule has 1 aliphatic rings. The summed E-state index contributed by atoms with van der Waals surface area (Å²) in [5, 5.41) is 0. The van der Waals surface area contributed by atoms with Gasteiger partial charge in [-0.2, -0.15) is 4.37 Å². The first-order valence-corrected chi connectivity index (χ1v) is 8.13. The Labute approximate surface area is 134 Å². The van der Waals surface area contributed by atoms with Crippen LogP contribution in [0.15, 0.2) is 24.3 Å². The molecule has 0 bridgehead atoms. The molecule has 3 rings (SSSR count). The van der Waals surface area contributed by atoms with Gasteiger partial charge in [0.15, 0.2) is 0 Å². The van der Waals surface area contributed by atoms with Gasteiger partial charge in [-0.3, -0.25) is 4.79 Å². The van der Waals surface area contributed by atoms with Crippen LogP contribution in [0.25, 0.3) is 11.3 Å². The number of anilines is 1. The second-order valence-corrected chi connectivity index (χ2v) is 6.51. The van der Waals surface area contributed by atoms with Gasteiger partial charge in [0, 0.05) is 31.7 Å². The third-order valence-electron chi connectivity index (χ3n) is 4.04. The fourth-order valence-electron chi connectivity index (χ4n) is 2.52. The van der Waals surface area contributed by atoms with E-state index in [1.807, 2.05) is 36.1 Å². The van der Waals surface area contributed by atoms with E-state index in [2.05, 4.69) is 16.3 Å². The average molecular weight is 316 g/mol. The first kappa shape index (κ1) is 15.0. The Bertz CT molecular complexity index is 672. The normalized spacial score (nSPS) is 16.0. The van der Waals surface area contributed by atoms with Crippen LogP contribution in [0.3, 0.4) is 0 Å². The number of hydrogen-bond acceptors (Lipinski definition) is 5. The zero-order chi connectivity index (χ0) is 15.7. The molecule has 0 unspecified atom stereocenters. The molecule has 2 aromatic rings. The van der Waals surface area contributed by atoms with E-state index in [0.29, 0.717) is 16.3 Å². The van der Waals surface area contributed by atoms with Crippen molar-refractivity contribution in [1.82, 2.24) is 14.2 Å². The van der Waals surface area contributed by atoms with Crippen LogP contribution in [-0.2, 0) is 0 Å². The number of likely N-dealkylation sites (N-methyl/N-ethyl adjacent to an activating group) is 1. The molecule has 0 aliphatic carbocycles. The highest BCUT2D eigenvalue weighted by Gasteiger charge is 2.25. The van der Waals surface area contributed by atoms with Gasteiger partial charge in [0.1, 0.15) is 10.6 Å². The molecule has 2 heterocycles. The lowest BCUT2D eigenvalue weighted by Crippen LogP contribution is -2.47. The maximum absolute atomic E-state index is 12.6. The lowest BCUT2D eigenvalue weighted by molar-refractivity contribution is 0.0670. The second kappa shape index (κ2) is 6.06. The minimum Gasteiger partial charge on any atom is -0.396 e. The van der Waals surface area contributed by atoms with Crippen LogP contribution in [0.2, 0.25) is 0 Å². The van der Waals surface area contributed by atoms with Crippen molar-refractivity contribution in [3.8, 4) is 11.3 Å². The molecule has 2 N–H and O–H groups in total. The summed E-state index contributed by atoms with van der Waals surface area (Å²) in [7, 11) is 2.07. The van der Waals surface area contributed by atoms with Crippen molar-refractivity contribution in [2.24, 2.45) is 0 Å². The average Bonchev–Trinajstić information content (AvgIpc) is 2.90. The Kier molecular flexibility index (Phi) is 4.13. The van der Waals surface area contributed by atoms with Crippen molar-refractivity contribution >= 4 is 23.1 Å². The molecule has 1 aromatic heterocycles. The number of aromatic nitrogens is 1. The molecule has 1 aliphatic heterocycles. The molecule has 116 valence electrons. The van der Waals surface area contributed by atoms with E-state index in [1.54, 1.807) is 0 Å².